The summed E-state index contributed by atoms with van der Waals surface area (Å²) in [7, 11) is 0. The molecule has 8 heteroatoms. The van der Waals surface area contributed by atoms with E-state index in [4.69, 9.17) is 11.6 Å². The van der Waals surface area contributed by atoms with Gasteiger partial charge in [0.05, 0.1) is 24.8 Å². The quantitative estimate of drug-likeness (QED) is 0.713. The van der Waals surface area contributed by atoms with Gasteiger partial charge < -0.3 is 5.11 Å². The fourth-order valence-electron chi connectivity index (χ4n) is 3.42. The molecule has 3 heterocycles. The van der Waals surface area contributed by atoms with Crippen molar-refractivity contribution < 1.29 is 14.3 Å². The molecule has 0 spiro atoms. The molecule has 0 unspecified atom stereocenters. The van der Waals surface area contributed by atoms with E-state index < -0.39 is 11.9 Å². The predicted molar refractivity (Wildman–Crippen MR) is 98.9 cm³/mol. The number of aromatic nitrogens is 3. The Hall–Kier alpha value is -2.93. The van der Waals surface area contributed by atoms with Gasteiger partial charge in [0.2, 0.25) is 0 Å². The molecule has 6 nitrogen and oxygen atoms in total. The highest BCUT2D eigenvalue weighted by Gasteiger charge is 2.32. The van der Waals surface area contributed by atoms with E-state index in [1.807, 2.05) is 6.92 Å². The van der Waals surface area contributed by atoms with Crippen molar-refractivity contribution in [3.8, 4) is 22.4 Å². The van der Waals surface area contributed by atoms with Crippen molar-refractivity contribution in [2.45, 2.75) is 26.1 Å². The number of carbonyl (C=O) groups is 1. The van der Waals surface area contributed by atoms with Gasteiger partial charge in [0.15, 0.2) is 0 Å². The molecule has 0 bridgehead atoms. The zero-order valence-corrected chi connectivity index (χ0v) is 15.2. The third-order valence-electron chi connectivity index (χ3n) is 4.75. The second kappa shape index (κ2) is 6.66. The highest BCUT2D eigenvalue weighted by atomic mass is 35.5. The lowest BCUT2D eigenvalue weighted by molar-refractivity contribution is 0.105. The number of carboxylic acid groups (broad SMARTS) is 1. The molecule has 0 saturated carbocycles. The fourth-order valence-corrected chi connectivity index (χ4v) is 3.58. The Morgan fingerprint density at radius 1 is 1.30 bits per heavy atom. The molecule has 2 aromatic heterocycles. The lowest BCUT2D eigenvalue weighted by Crippen LogP contribution is -2.44. The van der Waals surface area contributed by atoms with E-state index in [1.54, 1.807) is 41.3 Å². The molecule has 0 saturated heterocycles. The van der Waals surface area contributed by atoms with E-state index in [-0.39, 0.29) is 12.6 Å². The van der Waals surface area contributed by atoms with Gasteiger partial charge in [-0.05, 0) is 42.8 Å². The number of amides is 1. The molecular weight excluding hydrogens is 371 g/mol. The molecule has 27 heavy (non-hydrogen) atoms. The van der Waals surface area contributed by atoms with Crippen molar-refractivity contribution in [2.75, 3.05) is 0 Å². The molecule has 0 radical (unpaired) electrons. The zero-order chi connectivity index (χ0) is 19.1. The first-order chi connectivity index (χ1) is 13.0. The topological polar surface area (TPSA) is 71.2 Å². The summed E-state index contributed by atoms with van der Waals surface area (Å²) in [5, 5.41) is 14.4. The van der Waals surface area contributed by atoms with Crippen LogP contribution in [0.25, 0.3) is 22.4 Å². The van der Waals surface area contributed by atoms with Gasteiger partial charge in [-0.15, -0.1) is 0 Å². The van der Waals surface area contributed by atoms with Crippen LogP contribution in [0.3, 0.4) is 0 Å². The minimum atomic E-state index is -0.991. The number of rotatable bonds is 2. The highest BCUT2D eigenvalue weighted by molar-refractivity contribution is 6.30. The molecule has 4 rings (SSSR count). The van der Waals surface area contributed by atoms with Gasteiger partial charge in [-0.2, -0.15) is 5.10 Å². The van der Waals surface area contributed by atoms with Crippen LogP contribution in [-0.4, -0.2) is 36.9 Å². The second-order valence-electron chi connectivity index (χ2n) is 6.47. The lowest BCUT2D eigenvalue weighted by atomic mass is 9.98. The second-order valence-corrected chi connectivity index (χ2v) is 6.91. The number of nitrogens with zero attached hydrogens (tertiary/aromatic N) is 4. The minimum absolute atomic E-state index is 0.177. The monoisotopic (exact) mass is 386 g/mol. The van der Waals surface area contributed by atoms with E-state index in [1.165, 1.54) is 11.0 Å². The fraction of sp³-hybridized carbons (Fsp3) is 0.211. The summed E-state index contributed by atoms with van der Waals surface area (Å²) in [6.07, 6.45) is 2.29. The van der Waals surface area contributed by atoms with Gasteiger partial charge in [0, 0.05) is 28.5 Å². The number of fused-ring (bicyclic) bond motifs is 1. The SMILES string of the molecule is C[C@@H]1Cn2nc(-c3ccc(Cl)cc3F)c(-c3ccncc3)c2CN1C(=O)O. The maximum atomic E-state index is 14.6. The maximum absolute atomic E-state index is 14.6. The molecule has 1 aromatic carbocycles. The smallest absolute Gasteiger partial charge is 0.407 e. The molecule has 0 fully saturated rings. The van der Waals surface area contributed by atoms with Gasteiger partial charge in [0.1, 0.15) is 11.5 Å². The Bertz CT molecular complexity index is 1020. The first-order valence-corrected chi connectivity index (χ1v) is 8.78. The van der Waals surface area contributed by atoms with Crippen molar-refractivity contribution in [3.05, 3.63) is 59.3 Å². The van der Waals surface area contributed by atoms with Crippen molar-refractivity contribution in [1.82, 2.24) is 19.7 Å². The van der Waals surface area contributed by atoms with Crippen LogP contribution in [0.5, 0.6) is 0 Å². The molecule has 1 amide bonds. The molecule has 1 aliphatic heterocycles. The van der Waals surface area contributed by atoms with Crippen LogP contribution in [0.4, 0.5) is 9.18 Å². The van der Waals surface area contributed by atoms with Crippen molar-refractivity contribution in [3.63, 3.8) is 0 Å². The van der Waals surface area contributed by atoms with Gasteiger partial charge in [-0.25, -0.2) is 9.18 Å². The summed E-state index contributed by atoms with van der Waals surface area (Å²) in [4.78, 5) is 17.0. The summed E-state index contributed by atoms with van der Waals surface area (Å²) in [5.41, 5.74) is 3.02. The summed E-state index contributed by atoms with van der Waals surface area (Å²) >= 11 is 5.89. The molecule has 138 valence electrons. The standard InChI is InChI=1S/C19H16ClFN4O2/c1-11-9-25-16(10-24(11)19(26)27)17(12-4-6-22-7-5-12)18(23-25)14-3-2-13(20)8-15(14)21/h2-8,11H,9-10H2,1H3,(H,26,27)/t11-/m1/s1. The molecule has 3 aromatic rings. The van der Waals surface area contributed by atoms with Gasteiger partial charge in [-0.1, -0.05) is 11.6 Å². The van der Waals surface area contributed by atoms with E-state index >= 15 is 0 Å². The van der Waals surface area contributed by atoms with E-state index in [0.717, 1.165) is 11.3 Å². The number of hydrogen-bond donors (Lipinski definition) is 1. The Labute approximate surface area is 159 Å². The number of pyridine rings is 1. The van der Waals surface area contributed by atoms with Crippen LogP contribution < -0.4 is 0 Å². The third-order valence-corrected chi connectivity index (χ3v) is 4.98. The van der Waals surface area contributed by atoms with E-state index in [0.29, 0.717) is 28.4 Å². The predicted octanol–water partition coefficient (Wildman–Crippen LogP) is 4.29. The molecule has 1 aliphatic rings. The van der Waals surface area contributed by atoms with Crippen molar-refractivity contribution in [2.24, 2.45) is 0 Å². The first kappa shape index (κ1) is 17.5. The van der Waals surface area contributed by atoms with Crippen LogP contribution in [0.15, 0.2) is 42.7 Å². The summed E-state index contributed by atoms with van der Waals surface area (Å²) in [5.74, 6) is -0.476. The Kier molecular flexibility index (Phi) is 4.31. The number of hydrogen-bond acceptors (Lipinski definition) is 3. The Balaban J connectivity index is 1.95. The molecular formula is C19H16ClFN4O2. The third kappa shape index (κ3) is 3.04. The average Bonchev–Trinajstić information content (AvgIpc) is 2.99. The number of halogens is 2. The summed E-state index contributed by atoms with van der Waals surface area (Å²) in [6.45, 7) is 2.40. The van der Waals surface area contributed by atoms with E-state index in [2.05, 4.69) is 10.1 Å². The largest absolute Gasteiger partial charge is 0.465 e. The number of benzene rings is 1. The Morgan fingerprint density at radius 2 is 2.04 bits per heavy atom. The Morgan fingerprint density at radius 3 is 2.70 bits per heavy atom. The van der Waals surface area contributed by atoms with Crippen LogP contribution in [-0.2, 0) is 13.1 Å². The molecule has 1 atom stereocenters. The van der Waals surface area contributed by atoms with Crippen LogP contribution in [0.2, 0.25) is 5.02 Å². The lowest BCUT2D eigenvalue weighted by Gasteiger charge is -2.32. The van der Waals surface area contributed by atoms with Crippen molar-refractivity contribution in [1.29, 1.82) is 0 Å². The van der Waals surface area contributed by atoms with Gasteiger partial charge >= 0.3 is 6.09 Å². The first-order valence-electron chi connectivity index (χ1n) is 8.40. The maximum Gasteiger partial charge on any atom is 0.407 e. The normalized spacial score (nSPS) is 16.3. The summed E-state index contributed by atoms with van der Waals surface area (Å²) < 4.78 is 16.4. The molecule has 0 aliphatic carbocycles. The minimum Gasteiger partial charge on any atom is -0.465 e. The van der Waals surface area contributed by atoms with Gasteiger partial charge in [-0.3, -0.25) is 14.6 Å². The molecule has 1 N–H and O–H groups in total. The highest BCUT2D eigenvalue weighted by Crippen LogP contribution is 2.38. The zero-order valence-electron chi connectivity index (χ0n) is 14.4. The van der Waals surface area contributed by atoms with Crippen LogP contribution in [0.1, 0.15) is 12.6 Å². The summed E-state index contributed by atoms with van der Waals surface area (Å²) in [6, 6.07) is 7.83. The van der Waals surface area contributed by atoms with Crippen LogP contribution >= 0.6 is 11.6 Å². The van der Waals surface area contributed by atoms with Crippen LogP contribution in [0, 0.1) is 5.82 Å². The average molecular weight is 387 g/mol. The van der Waals surface area contributed by atoms with E-state index in [9.17, 15) is 14.3 Å². The van der Waals surface area contributed by atoms with Crippen molar-refractivity contribution >= 4 is 17.7 Å². The van der Waals surface area contributed by atoms with Gasteiger partial charge in [0.25, 0.3) is 0 Å².